The van der Waals surface area contributed by atoms with Crippen molar-refractivity contribution in [1.82, 2.24) is 14.1 Å². The number of ether oxygens (including phenoxy) is 1. The first kappa shape index (κ1) is 44.6. The second-order valence-corrected chi connectivity index (χ2v) is 26.4. The molecule has 0 radical (unpaired) electrons. The molecule has 0 unspecified atom stereocenters. The molecule has 0 amide bonds. The highest BCUT2D eigenvalue weighted by Gasteiger charge is 2.41. The molecule has 0 aliphatic heterocycles. The van der Waals surface area contributed by atoms with Gasteiger partial charge in [-0.1, -0.05) is 242 Å². The van der Waals surface area contributed by atoms with Crippen LogP contribution in [0.1, 0.15) is 59.5 Å². The third-order valence-corrected chi connectivity index (χ3v) is 20.3. The van der Waals surface area contributed by atoms with Crippen molar-refractivity contribution in [2.24, 2.45) is 0 Å². The predicted octanol–water partition coefficient (Wildman–Crippen LogP) is 15.3. The number of benzene rings is 10. The van der Waals surface area contributed by atoms with Crippen LogP contribution in [-0.2, 0) is 10.8 Å². The van der Waals surface area contributed by atoms with Gasteiger partial charge in [0.15, 0.2) is 8.07 Å². The van der Waals surface area contributed by atoms with Gasteiger partial charge in [0.2, 0.25) is 0 Å². The highest BCUT2D eigenvalue weighted by molar-refractivity contribution is 7.19. The molecule has 0 spiro atoms. The smallest absolute Gasteiger partial charge is 0.269 e. The fraction of sp³-hybridized carbons (Fsp3) is 0.108. The molecule has 0 N–H and O–H groups in total. The van der Waals surface area contributed by atoms with Crippen molar-refractivity contribution in [3.05, 3.63) is 284 Å². The van der Waals surface area contributed by atoms with E-state index in [2.05, 4.69) is 239 Å². The number of aromatic nitrogens is 4. The summed E-state index contributed by atoms with van der Waals surface area (Å²) >= 11 is 0. The molecule has 0 atom stereocenters. The SMILES string of the molecule is [2H]c1c([2H])c([2H])c(-c2ccc3c(c2)n(-c2cccc(Oc4ccc5c6ccccc6n(-c6cc(C(C)(C)C)ccn6)c5c4)c2)[c-][n+]3-c2c(-c3cccc([Si](c4ccccc4)(c4ccccc4)c4ccccc4)c3)cccc2C(C)(C)C)c([2H])c1[2H]. The summed E-state index contributed by atoms with van der Waals surface area (Å²) in [6, 6.07) is 79.3. The topological polar surface area (TPSA) is 35.9 Å². The minimum absolute atomic E-state index is 0.0768. The molecule has 0 saturated carbocycles. The molecule has 3 heterocycles. The summed E-state index contributed by atoms with van der Waals surface area (Å²) in [4.78, 5) is 4.91. The lowest BCUT2D eigenvalue weighted by Crippen LogP contribution is -2.74. The molecule has 0 bridgehead atoms. The third-order valence-electron chi connectivity index (χ3n) is 15.5. The summed E-state index contributed by atoms with van der Waals surface area (Å²) in [5.41, 5.74) is 9.67. The van der Waals surface area contributed by atoms with Crippen molar-refractivity contribution in [3.63, 3.8) is 0 Å². The summed E-state index contributed by atoms with van der Waals surface area (Å²) in [6.07, 6.45) is 5.74. The quantitative estimate of drug-likeness (QED) is 0.0560. The number of hydrogen-bond donors (Lipinski definition) is 0. The Morgan fingerprint density at radius 3 is 1.82 bits per heavy atom. The van der Waals surface area contributed by atoms with Crippen molar-refractivity contribution in [2.75, 3.05) is 0 Å². The highest BCUT2D eigenvalue weighted by Crippen LogP contribution is 2.39. The molecule has 0 fully saturated rings. The molecule has 13 aromatic rings. The van der Waals surface area contributed by atoms with E-state index in [1.807, 2.05) is 59.3 Å². The van der Waals surface area contributed by atoms with Gasteiger partial charge in [-0.15, -0.1) is 0 Å². The minimum Gasteiger partial charge on any atom is -0.458 e. The Balaban J connectivity index is 1.01. The predicted molar refractivity (Wildman–Crippen MR) is 334 cm³/mol. The molecule has 388 valence electrons. The Morgan fingerprint density at radius 1 is 0.487 bits per heavy atom. The van der Waals surface area contributed by atoms with Crippen LogP contribution in [0, 0.1) is 6.33 Å². The average molecular weight is 1060 g/mol. The zero-order valence-electron chi connectivity index (χ0n) is 50.7. The van der Waals surface area contributed by atoms with E-state index in [0.717, 1.165) is 61.2 Å². The van der Waals surface area contributed by atoms with Gasteiger partial charge in [0.1, 0.15) is 17.3 Å². The van der Waals surface area contributed by atoms with Gasteiger partial charge in [-0.2, -0.15) is 0 Å². The standard InChI is InChI=1S/C74H62N4OSi/c1-73(2,3)55-44-45-75-71(48-55)78-67-39-20-19-36-64(67)65-42-41-58(50-69(65)78)79-57-28-22-27-56(49-57)76-51-77(68-43-40-53(47-70(68)76)52-24-11-7-12-25-52)72-63(37-23-38-66(72)74(4,5)6)54-26-21-35-62(46-54)80(59-29-13-8-14-30-59,60-31-15-9-16-32-60)61-33-17-10-18-34-61/h7-50H,1-6H3/i7D,11D,12D,24D,25D. The summed E-state index contributed by atoms with van der Waals surface area (Å²) in [5.74, 6) is 2.06. The van der Waals surface area contributed by atoms with E-state index in [1.165, 1.54) is 26.3 Å². The van der Waals surface area contributed by atoms with Crippen LogP contribution in [0.4, 0.5) is 0 Å². The maximum atomic E-state index is 9.09. The molecule has 80 heavy (non-hydrogen) atoms. The van der Waals surface area contributed by atoms with Gasteiger partial charge in [-0.3, -0.25) is 13.7 Å². The van der Waals surface area contributed by atoms with Crippen molar-refractivity contribution in [2.45, 2.75) is 52.4 Å². The second kappa shape index (κ2) is 20.1. The Labute approximate surface area is 477 Å². The molecule has 3 aromatic heterocycles. The number of para-hydroxylation sites is 2. The summed E-state index contributed by atoms with van der Waals surface area (Å²) in [7, 11) is -2.94. The van der Waals surface area contributed by atoms with Crippen molar-refractivity contribution in [1.29, 1.82) is 0 Å². The first-order valence-electron chi connectivity index (χ1n) is 29.8. The van der Waals surface area contributed by atoms with Crippen LogP contribution in [0.5, 0.6) is 11.5 Å². The second-order valence-electron chi connectivity index (χ2n) is 22.6. The molecule has 0 saturated heterocycles. The Hall–Kier alpha value is -9.36. The molecule has 5 nitrogen and oxygen atoms in total. The van der Waals surface area contributed by atoms with Gasteiger partial charge in [-0.25, -0.2) is 4.98 Å². The third kappa shape index (κ3) is 8.92. The maximum Gasteiger partial charge on any atom is 0.269 e. The van der Waals surface area contributed by atoms with Crippen LogP contribution in [0.3, 0.4) is 0 Å². The summed E-state index contributed by atoms with van der Waals surface area (Å²) in [6.45, 7) is 13.3. The number of hydrogen-bond acceptors (Lipinski definition) is 2. The van der Waals surface area contributed by atoms with Gasteiger partial charge < -0.3 is 4.74 Å². The minimum atomic E-state index is -2.94. The average Bonchev–Trinajstić information content (AvgIpc) is 2.76. The summed E-state index contributed by atoms with van der Waals surface area (Å²) in [5, 5.41) is 7.28. The van der Waals surface area contributed by atoms with Crippen LogP contribution in [0.15, 0.2) is 267 Å². The zero-order valence-corrected chi connectivity index (χ0v) is 46.7. The zero-order chi connectivity index (χ0) is 58.9. The number of pyridine rings is 1. The lowest BCUT2D eigenvalue weighted by atomic mass is 9.83. The van der Waals surface area contributed by atoms with E-state index in [9.17, 15) is 0 Å². The van der Waals surface area contributed by atoms with E-state index >= 15 is 0 Å². The van der Waals surface area contributed by atoms with Crippen molar-refractivity contribution >= 4 is 61.7 Å². The van der Waals surface area contributed by atoms with E-state index in [0.29, 0.717) is 22.6 Å². The lowest BCUT2D eigenvalue weighted by molar-refractivity contribution is -0.572. The van der Waals surface area contributed by atoms with Crippen LogP contribution < -0.4 is 30.1 Å². The van der Waals surface area contributed by atoms with Crippen LogP contribution in [0.2, 0.25) is 0 Å². The van der Waals surface area contributed by atoms with Crippen molar-refractivity contribution < 1.29 is 16.2 Å². The molecule has 10 aromatic carbocycles. The monoisotopic (exact) mass is 1060 g/mol. The normalized spacial score (nSPS) is 13.0. The Bertz CT molecular complexity index is 4590. The number of nitrogens with zero attached hydrogens (tertiary/aromatic N) is 4. The van der Waals surface area contributed by atoms with E-state index < -0.39 is 26.2 Å². The fourth-order valence-electron chi connectivity index (χ4n) is 11.7. The largest absolute Gasteiger partial charge is 0.458 e. The number of fused-ring (bicyclic) bond motifs is 4. The lowest BCUT2D eigenvalue weighted by Gasteiger charge is -2.35. The maximum absolute atomic E-state index is 9.09. The first-order valence-corrected chi connectivity index (χ1v) is 29.3. The van der Waals surface area contributed by atoms with Gasteiger partial charge in [0, 0.05) is 23.0 Å². The molecule has 13 rings (SSSR count). The fourth-order valence-corrected chi connectivity index (χ4v) is 16.5. The number of imidazole rings is 1. The van der Waals surface area contributed by atoms with Crippen LogP contribution >= 0.6 is 0 Å². The van der Waals surface area contributed by atoms with Gasteiger partial charge >= 0.3 is 0 Å². The van der Waals surface area contributed by atoms with Gasteiger partial charge in [0.05, 0.1) is 40.3 Å². The van der Waals surface area contributed by atoms with Gasteiger partial charge in [0.25, 0.3) is 6.33 Å². The van der Waals surface area contributed by atoms with E-state index in [4.69, 9.17) is 16.6 Å². The molecule has 0 aliphatic rings. The van der Waals surface area contributed by atoms with Gasteiger partial charge in [-0.05, 0) is 120 Å². The first-order chi connectivity index (χ1) is 41.0. The van der Waals surface area contributed by atoms with Crippen molar-refractivity contribution in [3.8, 4) is 50.9 Å². The summed E-state index contributed by atoms with van der Waals surface area (Å²) < 4.78 is 57.2. The molecule has 0 aliphatic carbocycles. The molecular weight excluding hydrogens is 989 g/mol. The Kier molecular flexibility index (Phi) is 11.2. The van der Waals surface area contributed by atoms with Crippen LogP contribution in [0.25, 0.3) is 72.3 Å². The Morgan fingerprint density at radius 2 is 1.12 bits per heavy atom. The highest BCUT2D eigenvalue weighted by atomic mass is 28.3. The number of rotatable bonds is 11. The van der Waals surface area contributed by atoms with E-state index in [1.54, 1.807) is 0 Å². The molecule has 6 heteroatoms. The van der Waals surface area contributed by atoms with E-state index in [-0.39, 0.29) is 28.5 Å². The molecular formula is C74H62N4OSi. The van der Waals surface area contributed by atoms with Crippen LogP contribution in [-0.4, -0.2) is 22.2 Å².